The Morgan fingerprint density at radius 2 is 2.03 bits per heavy atom. The highest BCUT2D eigenvalue weighted by molar-refractivity contribution is 7.17. The highest BCUT2D eigenvalue weighted by Gasteiger charge is 2.40. The summed E-state index contributed by atoms with van der Waals surface area (Å²) in [4.78, 5) is 32.5. The maximum atomic E-state index is 13.0. The van der Waals surface area contributed by atoms with E-state index in [1.54, 1.807) is 19.1 Å². The maximum Gasteiger partial charge on any atom is 0.267 e. The molecule has 1 aliphatic carbocycles. The van der Waals surface area contributed by atoms with Gasteiger partial charge in [-0.25, -0.2) is 4.98 Å². The van der Waals surface area contributed by atoms with Crippen LogP contribution in [0.3, 0.4) is 0 Å². The number of hydrogen-bond donors (Lipinski definition) is 3. The number of hydrogen-bond acceptors (Lipinski definition) is 6. The summed E-state index contributed by atoms with van der Waals surface area (Å²) in [6.07, 6.45) is 5.00. The third kappa shape index (κ3) is 4.18. The van der Waals surface area contributed by atoms with E-state index in [1.165, 1.54) is 24.0 Å². The Hall–Kier alpha value is -3.39. The fourth-order valence-corrected chi connectivity index (χ4v) is 5.56. The standard InChI is InChI=1S/C25H26N4O3S/c1-14-6-9-20(30)15(2)22(14)28-23(31)21-12-26-25(33-21)27-18-5-3-4-17(11-18)24(32)29-13-16-7-8-19(29)10-16/h3-6,9,11-12,16,19,30H,7-8,10,13H2,1-2H3,(H,26,27)(H,28,31). The molecular weight excluding hydrogens is 436 g/mol. The summed E-state index contributed by atoms with van der Waals surface area (Å²) < 4.78 is 0. The molecule has 2 amide bonds. The van der Waals surface area contributed by atoms with Gasteiger partial charge in [-0.3, -0.25) is 9.59 Å². The summed E-state index contributed by atoms with van der Waals surface area (Å²) in [5.74, 6) is 0.596. The molecule has 2 fully saturated rings. The number of aromatic nitrogens is 1. The van der Waals surface area contributed by atoms with Gasteiger partial charge in [0.2, 0.25) is 0 Å². The number of rotatable bonds is 5. The van der Waals surface area contributed by atoms with Crippen LogP contribution < -0.4 is 10.6 Å². The van der Waals surface area contributed by atoms with E-state index in [-0.39, 0.29) is 17.6 Å². The number of carbonyl (C=O) groups excluding carboxylic acids is 2. The Morgan fingerprint density at radius 1 is 1.18 bits per heavy atom. The van der Waals surface area contributed by atoms with Crippen LogP contribution in [0, 0.1) is 19.8 Å². The fourth-order valence-electron chi connectivity index (χ4n) is 4.83. The summed E-state index contributed by atoms with van der Waals surface area (Å²) in [6, 6.07) is 11.2. The van der Waals surface area contributed by atoms with E-state index < -0.39 is 0 Å². The zero-order valence-electron chi connectivity index (χ0n) is 18.6. The van der Waals surface area contributed by atoms with Gasteiger partial charge in [-0.1, -0.05) is 23.5 Å². The molecule has 3 aromatic rings. The highest BCUT2D eigenvalue weighted by Crippen LogP contribution is 2.38. The lowest BCUT2D eigenvalue weighted by molar-refractivity contribution is 0.0703. The molecule has 2 atom stereocenters. The summed E-state index contributed by atoms with van der Waals surface area (Å²) in [6.45, 7) is 4.51. The second kappa shape index (κ2) is 8.51. The van der Waals surface area contributed by atoms with Crippen LogP contribution in [-0.4, -0.2) is 39.4 Å². The fraction of sp³-hybridized carbons (Fsp3) is 0.320. The summed E-state index contributed by atoms with van der Waals surface area (Å²) in [5.41, 5.74) is 3.51. The largest absolute Gasteiger partial charge is 0.508 e. The minimum absolute atomic E-state index is 0.0851. The summed E-state index contributed by atoms with van der Waals surface area (Å²) >= 11 is 1.23. The zero-order chi connectivity index (χ0) is 23.1. The van der Waals surface area contributed by atoms with E-state index in [0.29, 0.717) is 38.8 Å². The minimum atomic E-state index is -0.287. The first-order valence-corrected chi connectivity index (χ1v) is 11.9. The number of piperidine rings is 1. The molecule has 3 N–H and O–H groups in total. The number of amides is 2. The van der Waals surface area contributed by atoms with Crippen molar-refractivity contribution in [3.63, 3.8) is 0 Å². The van der Waals surface area contributed by atoms with Crippen molar-refractivity contribution in [1.82, 2.24) is 9.88 Å². The number of anilines is 3. The first-order valence-electron chi connectivity index (χ1n) is 11.1. The molecule has 2 aliphatic rings. The van der Waals surface area contributed by atoms with Crippen LogP contribution >= 0.6 is 11.3 Å². The molecule has 2 bridgehead atoms. The van der Waals surface area contributed by atoms with Gasteiger partial charge in [0.1, 0.15) is 10.6 Å². The minimum Gasteiger partial charge on any atom is -0.508 e. The van der Waals surface area contributed by atoms with Gasteiger partial charge in [-0.2, -0.15) is 0 Å². The van der Waals surface area contributed by atoms with Crippen LogP contribution in [-0.2, 0) is 0 Å². The number of fused-ring (bicyclic) bond motifs is 2. The molecule has 2 aromatic carbocycles. The van der Waals surface area contributed by atoms with Crippen molar-refractivity contribution < 1.29 is 14.7 Å². The zero-order valence-corrected chi connectivity index (χ0v) is 19.4. The van der Waals surface area contributed by atoms with Crippen molar-refractivity contribution in [2.24, 2.45) is 5.92 Å². The Morgan fingerprint density at radius 3 is 2.79 bits per heavy atom. The quantitative estimate of drug-likeness (QED) is 0.491. The molecule has 0 spiro atoms. The second-order valence-corrected chi connectivity index (χ2v) is 9.91. The van der Waals surface area contributed by atoms with Gasteiger partial charge in [0.05, 0.1) is 11.9 Å². The van der Waals surface area contributed by atoms with Crippen LogP contribution in [0.5, 0.6) is 5.75 Å². The van der Waals surface area contributed by atoms with Crippen LogP contribution in [0.4, 0.5) is 16.5 Å². The number of phenols is 1. The SMILES string of the molecule is Cc1ccc(O)c(C)c1NC(=O)c1cnc(Nc2cccc(C(=O)N3CC4CCC3C4)c2)s1. The topological polar surface area (TPSA) is 94.6 Å². The van der Waals surface area contributed by atoms with Crippen molar-refractivity contribution in [3.05, 3.63) is 64.2 Å². The number of nitrogens with one attached hydrogen (secondary N) is 2. The Balaban J connectivity index is 1.27. The second-order valence-electron chi connectivity index (χ2n) is 8.88. The monoisotopic (exact) mass is 462 g/mol. The van der Waals surface area contributed by atoms with Gasteiger partial charge >= 0.3 is 0 Å². The van der Waals surface area contributed by atoms with Crippen molar-refractivity contribution in [1.29, 1.82) is 0 Å². The smallest absolute Gasteiger partial charge is 0.267 e. The van der Waals surface area contributed by atoms with Gasteiger partial charge < -0.3 is 20.6 Å². The highest BCUT2D eigenvalue weighted by atomic mass is 32.1. The molecule has 0 radical (unpaired) electrons. The number of nitrogens with zero attached hydrogens (tertiary/aromatic N) is 2. The molecule has 5 rings (SSSR count). The number of aromatic hydroxyl groups is 1. The van der Waals surface area contributed by atoms with Gasteiger partial charge in [0.25, 0.3) is 11.8 Å². The Labute approximate surface area is 196 Å². The van der Waals surface area contributed by atoms with E-state index in [2.05, 4.69) is 15.6 Å². The predicted molar refractivity (Wildman–Crippen MR) is 130 cm³/mol. The molecule has 170 valence electrons. The predicted octanol–water partition coefficient (Wildman–Crippen LogP) is 5.09. The van der Waals surface area contributed by atoms with Crippen molar-refractivity contribution in [2.45, 2.75) is 39.2 Å². The normalized spacial score (nSPS) is 19.0. The van der Waals surface area contributed by atoms with Crippen molar-refractivity contribution >= 4 is 39.7 Å². The molecule has 1 aromatic heterocycles. The summed E-state index contributed by atoms with van der Waals surface area (Å²) in [7, 11) is 0. The van der Waals surface area contributed by atoms with Gasteiger partial charge in [0.15, 0.2) is 5.13 Å². The van der Waals surface area contributed by atoms with Crippen LogP contribution in [0.25, 0.3) is 0 Å². The molecule has 33 heavy (non-hydrogen) atoms. The van der Waals surface area contributed by atoms with Crippen LogP contribution in [0.2, 0.25) is 0 Å². The van der Waals surface area contributed by atoms with E-state index in [0.717, 1.165) is 30.6 Å². The van der Waals surface area contributed by atoms with E-state index in [4.69, 9.17) is 0 Å². The average Bonchev–Trinajstić information content (AvgIpc) is 3.56. The number of carbonyl (C=O) groups is 2. The van der Waals surface area contributed by atoms with Gasteiger partial charge in [-0.15, -0.1) is 0 Å². The Bertz CT molecular complexity index is 1240. The molecule has 1 saturated carbocycles. The Kier molecular flexibility index (Phi) is 5.54. The van der Waals surface area contributed by atoms with Gasteiger partial charge in [0, 0.05) is 29.4 Å². The number of benzene rings is 2. The van der Waals surface area contributed by atoms with Crippen LogP contribution in [0.15, 0.2) is 42.6 Å². The number of aryl methyl sites for hydroxylation is 1. The number of thiazole rings is 1. The lowest BCUT2D eigenvalue weighted by Gasteiger charge is -2.27. The first kappa shape index (κ1) is 21.5. The van der Waals surface area contributed by atoms with Crippen LogP contribution in [0.1, 0.15) is 50.4 Å². The van der Waals surface area contributed by atoms with E-state index >= 15 is 0 Å². The van der Waals surface area contributed by atoms with Crippen molar-refractivity contribution in [2.75, 3.05) is 17.2 Å². The summed E-state index contributed by atoms with van der Waals surface area (Å²) in [5, 5.41) is 16.6. The number of phenolic OH excluding ortho intramolecular Hbond substituents is 1. The molecular formula is C25H26N4O3S. The average molecular weight is 463 g/mol. The third-order valence-corrected chi connectivity index (χ3v) is 7.56. The van der Waals surface area contributed by atoms with Gasteiger partial charge in [-0.05, 0) is 68.9 Å². The molecule has 2 heterocycles. The van der Waals surface area contributed by atoms with Crippen molar-refractivity contribution in [3.8, 4) is 5.75 Å². The van der Waals surface area contributed by atoms with E-state index in [9.17, 15) is 14.7 Å². The molecule has 7 nitrogen and oxygen atoms in total. The molecule has 8 heteroatoms. The molecule has 1 aliphatic heterocycles. The van der Waals surface area contributed by atoms with E-state index in [1.807, 2.05) is 36.1 Å². The first-order chi connectivity index (χ1) is 15.9. The molecule has 2 unspecified atom stereocenters. The lowest BCUT2D eigenvalue weighted by atomic mass is 10.1. The maximum absolute atomic E-state index is 13.0. The number of likely N-dealkylation sites (tertiary alicyclic amines) is 1. The third-order valence-electron chi connectivity index (χ3n) is 6.64. The molecule has 1 saturated heterocycles. The lowest BCUT2D eigenvalue weighted by Crippen LogP contribution is -2.37.